The molecule has 2 atom stereocenters. The van der Waals surface area contributed by atoms with Gasteiger partial charge in [0, 0.05) is 19.4 Å². The van der Waals surface area contributed by atoms with Crippen molar-refractivity contribution in [1.29, 1.82) is 0 Å². The van der Waals surface area contributed by atoms with Crippen molar-refractivity contribution < 1.29 is 37.6 Å². The van der Waals surface area contributed by atoms with Gasteiger partial charge in [-0.05, 0) is 77.0 Å². The van der Waals surface area contributed by atoms with Gasteiger partial charge < -0.3 is 20.1 Å². The van der Waals surface area contributed by atoms with Gasteiger partial charge >= 0.3 is 19.8 Å². The van der Waals surface area contributed by atoms with Gasteiger partial charge in [-0.3, -0.25) is 18.6 Å². The Morgan fingerprint density at radius 1 is 0.585 bits per heavy atom. The van der Waals surface area contributed by atoms with Crippen molar-refractivity contribution in [2.24, 2.45) is 5.73 Å². The molecule has 9 nitrogen and oxygen atoms in total. The lowest BCUT2D eigenvalue weighted by Crippen LogP contribution is -2.29. The van der Waals surface area contributed by atoms with E-state index in [2.05, 4.69) is 74.6 Å². The number of carbonyl (C=O) groups is 2. The molecule has 0 aliphatic carbocycles. The van der Waals surface area contributed by atoms with E-state index in [9.17, 15) is 19.0 Å². The van der Waals surface area contributed by atoms with E-state index < -0.39 is 32.5 Å². The van der Waals surface area contributed by atoms with E-state index in [-0.39, 0.29) is 32.6 Å². The predicted octanol–water partition coefficient (Wildman–Crippen LogP) is 11.7. The normalized spacial score (nSPS) is 14.0. The molecule has 0 aromatic carbocycles. The molecule has 0 spiro atoms. The van der Waals surface area contributed by atoms with E-state index in [1.165, 1.54) is 44.9 Å². The Bertz CT molecular complexity index is 1050. The summed E-state index contributed by atoms with van der Waals surface area (Å²) in [5.41, 5.74) is 5.34. The van der Waals surface area contributed by atoms with Crippen LogP contribution in [-0.4, -0.2) is 49.3 Å². The lowest BCUT2D eigenvalue weighted by Gasteiger charge is -2.19. The van der Waals surface area contributed by atoms with E-state index in [1.807, 2.05) is 0 Å². The monoisotopic (exact) mass is 766 g/mol. The maximum Gasteiger partial charge on any atom is 0.472 e. The third-order valence-corrected chi connectivity index (χ3v) is 9.37. The number of ether oxygens (including phenoxy) is 2. The number of carbonyl (C=O) groups excluding carboxylic acids is 2. The minimum atomic E-state index is -4.38. The molecule has 53 heavy (non-hydrogen) atoms. The number of phosphoric acid groups is 1. The molecule has 10 heteroatoms. The fourth-order valence-corrected chi connectivity index (χ4v) is 6.09. The van der Waals surface area contributed by atoms with Crippen LogP contribution in [0.15, 0.2) is 60.8 Å². The molecule has 0 aromatic rings. The molecular formula is C43H76NO8P. The predicted molar refractivity (Wildman–Crippen MR) is 219 cm³/mol. The zero-order valence-electron chi connectivity index (χ0n) is 33.5. The van der Waals surface area contributed by atoms with Crippen molar-refractivity contribution in [3.05, 3.63) is 60.8 Å². The summed E-state index contributed by atoms with van der Waals surface area (Å²) in [6.45, 7) is 3.55. The maximum atomic E-state index is 12.6. The van der Waals surface area contributed by atoms with Crippen molar-refractivity contribution >= 4 is 19.8 Å². The number of allylic oxidation sites excluding steroid dienone is 10. The summed E-state index contributed by atoms with van der Waals surface area (Å²) >= 11 is 0. The fraction of sp³-hybridized carbons (Fsp3) is 0.721. The topological polar surface area (TPSA) is 134 Å². The van der Waals surface area contributed by atoms with Gasteiger partial charge in [-0.2, -0.15) is 0 Å². The molecule has 0 aliphatic rings. The van der Waals surface area contributed by atoms with E-state index in [4.69, 9.17) is 24.3 Å². The minimum Gasteiger partial charge on any atom is -0.462 e. The SMILES string of the molecule is CC/C=C/C/C=C/C/C=C/CCCCCCCC(=O)O[C@H](COC(=O)CCCCCCCCC/C=C/C/C=C/CCCCC)COP(=O)(O)OCCN. The molecule has 0 bridgehead atoms. The zero-order chi connectivity index (χ0) is 38.9. The number of phosphoric ester groups is 1. The molecule has 0 radical (unpaired) electrons. The second kappa shape index (κ2) is 39.4. The summed E-state index contributed by atoms with van der Waals surface area (Å²) in [5.74, 6) is -0.862. The summed E-state index contributed by atoms with van der Waals surface area (Å²) in [5, 5.41) is 0. The second-order valence-electron chi connectivity index (χ2n) is 13.5. The van der Waals surface area contributed by atoms with Crippen molar-refractivity contribution in [2.75, 3.05) is 26.4 Å². The third kappa shape index (κ3) is 39.2. The Labute approximate surface area is 323 Å². The van der Waals surface area contributed by atoms with Crippen LogP contribution in [0.5, 0.6) is 0 Å². The van der Waals surface area contributed by atoms with Crippen molar-refractivity contribution in [1.82, 2.24) is 0 Å². The van der Waals surface area contributed by atoms with E-state index >= 15 is 0 Å². The summed E-state index contributed by atoms with van der Waals surface area (Å²) in [7, 11) is -4.38. The van der Waals surface area contributed by atoms with E-state index in [1.54, 1.807) is 0 Å². The number of nitrogens with two attached hydrogens (primary N) is 1. The molecule has 306 valence electrons. The Morgan fingerprint density at radius 2 is 1.04 bits per heavy atom. The first-order chi connectivity index (χ1) is 25.8. The zero-order valence-corrected chi connectivity index (χ0v) is 34.4. The van der Waals surface area contributed by atoms with Gasteiger partial charge in [-0.25, -0.2) is 4.57 Å². The first-order valence-electron chi connectivity index (χ1n) is 20.8. The van der Waals surface area contributed by atoms with Gasteiger partial charge in [0.25, 0.3) is 0 Å². The van der Waals surface area contributed by atoms with Crippen molar-refractivity contribution in [3.8, 4) is 0 Å². The quantitative estimate of drug-likeness (QED) is 0.0272. The summed E-state index contributed by atoms with van der Waals surface area (Å²) in [6, 6.07) is 0. The molecule has 3 N–H and O–H groups in total. The van der Waals surface area contributed by atoms with Crippen LogP contribution in [0.1, 0.15) is 168 Å². The average Bonchev–Trinajstić information content (AvgIpc) is 3.14. The number of unbranched alkanes of at least 4 members (excludes halogenated alkanes) is 15. The summed E-state index contributed by atoms with van der Waals surface area (Å²) in [4.78, 5) is 34.8. The standard InChI is InChI=1S/C43H76NO8P/c1-3-5-7-9-11-13-15-17-19-20-22-23-25-27-29-31-33-35-42(45)49-39-41(40-51-53(47,48)50-38-37-44)52-43(46)36-34-32-30-28-26-24-21-18-16-14-12-10-8-6-4-2/h6,8,11-14,17-19,21,41H,3-5,7,9-10,15-16,20,22-40,44H2,1-2H3,(H,47,48)/b8-6+,13-11+,14-12+,19-17+,21-18+/t41-/m1/s1. The Balaban J connectivity index is 4.22. The second-order valence-corrected chi connectivity index (χ2v) is 14.9. The van der Waals surface area contributed by atoms with Gasteiger partial charge in [-0.1, -0.05) is 139 Å². The molecule has 0 aliphatic heterocycles. The van der Waals surface area contributed by atoms with Gasteiger partial charge in [0.15, 0.2) is 6.10 Å². The van der Waals surface area contributed by atoms with Crippen LogP contribution in [0.25, 0.3) is 0 Å². The van der Waals surface area contributed by atoms with Gasteiger partial charge in [0.1, 0.15) is 6.61 Å². The highest BCUT2D eigenvalue weighted by molar-refractivity contribution is 7.47. The van der Waals surface area contributed by atoms with Crippen LogP contribution in [0.4, 0.5) is 0 Å². The largest absolute Gasteiger partial charge is 0.472 e. The fourth-order valence-electron chi connectivity index (χ4n) is 5.32. The highest BCUT2D eigenvalue weighted by Gasteiger charge is 2.25. The highest BCUT2D eigenvalue weighted by atomic mass is 31.2. The summed E-state index contributed by atoms with van der Waals surface area (Å²) < 4.78 is 32.7. The number of rotatable bonds is 38. The number of hydrogen-bond donors (Lipinski definition) is 2. The van der Waals surface area contributed by atoms with E-state index in [0.29, 0.717) is 6.42 Å². The molecular weight excluding hydrogens is 689 g/mol. The number of esters is 2. The van der Waals surface area contributed by atoms with Gasteiger partial charge in [0.05, 0.1) is 13.2 Å². The number of hydrogen-bond acceptors (Lipinski definition) is 8. The van der Waals surface area contributed by atoms with Crippen LogP contribution in [0, 0.1) is 0 Å². The molecule has 0 heterocycles. The highest BCUT2D eigenvalue weighted by Crippen LogP contribution is 2.43. The first-order valence-corrected chi connectivity index (χ1v) is 22.3. The lowest BCUT2D eigenvalue weighted by molar-refractivity contribution is -0.161. The molecule has 0 amide bonds. The van der Waals surface area contributed by atoms with Crippen LogP contribution in [-0.2, 0) is 32.7 Å². The molecule has 1 unspecified atom stereocenters. The molecule has 0 rings (SSSR count). The van der Waals surface area contributed by atoms with Crippen LogP contribution in [0.3, 0.4) is 0 Å². The third-order valence-electron chi connectivity index (χ3n) is 8.39. The van der Waals surface area contributed by atoms with E-state index in [0.717, 1.165) is 89.9 Å². The van der Waals surface area contributed by atoms with Gasteiger partial charge in [0.2, 0.25) is 0 Å². The maximum absolute atomic E-state index is 12.6. The van der Waals surface area contributed by atoms with Gasteiger partial charge in [-0.15, -0.1) is 0 Å². The van der Waals surface area contributed by atoms with Crippen LogP contribution >= 0.6 is 7.82 Å². The minimum absolute atomic E-state index is 0.0465. The average molecular weight is 766 g/mol. The molecule has 0 aromatic heterocycles. The van der Waals surface area contributed by atoms with Crippen LogP contribution in [0.2, 0.25) is 0 Å². The molecule has 0 fully saturated rings. The summed E-state index contributed by atoms with van der Waals surface area (Å²) in [6.07, 6.45) is 45.3. The Morgan fingerprint density at radius 3 is 1.55 bits per heavy atom. The van der Waals surface area contributed by atoms with Crippen molar-refractivity contribution in [3.63, 3.8) is 0 Å². The smallest absolute Gasteiger partial charge is 0.462 e. The first kappa shape index (κ1) is 50.7. The Kier molecular flexibility index (Phi) is 37.7. The lowest BCUT2D eigenvalue weighted by atomic mass is 10.1. The molecule has 0 saturated heterocycles. The van der Waals surface area contributed by atoms with Crippen LogP contribution < -0.4 is 5.73 Å². The Hall–Kier alpha value is -2.29. The van der Waals surface area contributed by atoms with Crippen molar-refractivity contribution in [2.45, 2.75) is 174 Å². The molecule has 0 saturated carbocycles.